The topological polar surface area (TPSA) is 54.2 Å². The Bertz CT molecular complexity index is 620. The maximum absolute atomic E-state index is 5.91. The third-order valence-electron chi connectivity index (χ3n) is 4.72. The van der Waals surface area contributed by atoms with Crippen LogP contribution in [0.25, 0.3) is 11.4 Å². The maximum atomic E-state index is 5.91. The van der Waals surface area contributed by atoms with E-state index in [4.69, 9.17) is 16.1 Å². The van der Waals surface area contributed by atoms with E-state index in [-0.39, 0.29) is 0 Å². The molecule has 1 aliphatic rings. The molecule has 0 aliphatic carbocycles. The number of hydrogen-bond acceptors (Lipinski definition) is 5. The second-order valence-corrected chi connectivity index (χ2v) is 6.88. The number of likely N-dealkylation sites (tertiary alicyclic amines) is 1. The van der Waals surface area contributed by atoms with Gasteiger partial charge in [-0.05, 0) is 76.1 Å². The zero-order valence-corrected chi connectivity index (χ0v) is 14.9. The molecule has 2 aromatic rings. The summed E-state index contributed by atoms with van der Waals surface area (Å²) in [5.41, 5.74) is 0.930. The molecule has 0 spiro atoms. The molecular weight excluding hydrogens is 324 g/mol. The molecule has 1 aromatic carbocycles. The van der Waals surface area contributed by atoms with Crippen molar-refractivity contribution in [1.29, 1.82) is 0 Å². The van der Waals surface area contributed by atoms with Crippen LogP contribution in [-0.4, -0.2) is 48.3 Å². The molecule has 1 saturated heterocycles. The minimum Gasteiger partial charge on any atom is -0.339 e. The van der Waals surface area contributed by atoms with E-state index in [0.29, 0.717) is 16.7 Å². The molecular formula is C18H25ClN4O. The Morgan fingerprint density at radius 2 is 2.00 bits per heavy atom. The molecule has 1 aromatic heterocycles. The van der Waals surface area contributed by atoms with Crippen molar-refractivity contribution in [3.05, 3.63) is 35.2 Å². The normalized spacial score (nSPS) is 16.6. The molecule has 0 radical (unpaired) electrons. The van der Waals surface area contributed by atoms with E-state index in [1.165, 1.54) is 32.4 Å². The van der Waals surface area contributed by atoms with Gasteiger partial charge in [0.25, 0.3) is 0 Å². The largest absolute Gasteiger partial charge is 0.339 e. The molecule has 0 saturated carbocycles. The van der Waals surface area contributed by atoms with Gasteiger partial charge in [0.2, 0.25) is 11.7 Å². The average Bonchev–Trinajstić information content (AvgIpc) is 3.09. The first-order valence-corrected chi connectivity index (χ1v) is 9.08. The predicted octanol–water partition coefficient (Wildman–Crippen LogP) is 3.25. The number of benzene rings is 1. The summed E-state index contributed by atoms with van der Waals surface area (Å²) < 4.78 is 5.39. The fourth-order valence-corrected chi connectivity index (χ4v) is 3.30. The summed E-state index contributed by atoms with van der Waals surface area (Å²) in [6.45, 7) is 4.46. The van der Waals surface area contributed by atoms with E-state index < -0.39 is 0 Å². The van der Waals surface area contributed by atoms with Crippen LogP contribution < -0.4 is 5.32 Å². The van der Waals surface area contributed by atoms with Crippen LogP contribution in [0, 0.1) is 5.92 Å². The van der Waals surface area contributed by atoms with Gasteiger partial charge in [0, 0.05) is 23.6 Å². The van der Waals surface area contributed by atoms with Crippen molar-refractivity contribution < 1.29 is 4.52 Å². The second-order valence-electron chi connectivity index (χ2n) is 6.45. The second kappa shape index (κ2) is 8.60. The molecule has 2 heterocycles. The molecule has 0 bridgehead atoms. The number of piperidine rings is 1. The Morgan fingerprint density at radius 3 is 2.71 bits per heavy atom. The quantitative estimate of drug-likeness (QED) is 0.832. The first-order valence-electron chi connectivity index (χ1n) is 8.70. The summed E-state index contributed by atoms with van der Waals surface area (Å²) in [6, 6.07) is 7.50. The van der Waals surface area contributed by atoms with E-state index in [1.807, 2.05) is 31.3 Å². The Morgan fingerprint density at radius 1 is 1.25 bits per heavy atom. The Kier molecular flexibility index (Phi) is 6.24. The minimum absolute atomic E-state index is 0.632. The summed E-state index contributed by atoms with van der Waals surface area (Å²) in [6.07, 6.45) is 4.68. The van der Waals surface area contributed by atoms with Crippen LogP contribution in [0.5, 0.6) is 0 Å². The van der Waals surface area contributed by atoms with Crippen molar-refractivity contribution in [1.82, 2.24) is 20.4 Å². The van der Waals surface area contributed by atoms with Crippen molar-refractivity contribution >= 4 is 11.6 Å². The highest BCUT2D eigenvalue weighted by Gasteiger charge is 2.19. The van der Waals surface area contributed by atoms with Gasteiger partial charge in [-0.15, -0.1) is 0 Å². The van der Waals surface area contributed by atoms with Crippen LogP contribution >= 0.6 is 11.6 Å². The number of nitrogens with zero attached hydrogens (tertiary/aromatic N) is 3. The Balaban J connectivity index is 1.45. The first-order chi connectivity index (χ1) is 11.7. The summed E-state index contributed by atoms with van der Waals surface area (Å²) in [5, 5.41) is 8.02. The van der Waals surface area contributed by atoms with E-state index in [0.717, 1.165) is 31.0 Å². The van der Waals surface area contributed by atoms with Crippen LogP contribution in [0.15, 0.2) is 28.8 Å². The summed E-state index contributed by atoms with van der Waals surface area (Å²) in [4.78, 5) is 7.00. The van der Waals surface area contributed by atoms with Crippen molar-refractivity contribution in [2.24, 2.45) is 5.92 Å². The Hall–Kier alpha value is -1.43. The minimum atomic E-state index is 0.632. The van der Waals surface area contributed by atoms with E-state index in [2.05, 4.69) is 20.4 Å². The van der Waals surface area contributed by atoms with Crippen LogP contribution in [0.2, 0.25) is 5.02 Å². The van der Waals surface area contributed by atoms with Crippen molar-refractivity contribution in [2.45, 2.75) is 25.7 Å². The van der Waals surface area contributed by atoms with E-state index in [9.17, 15) is 0 Å². The molecule has 3 rings (SSSR count). The van der Waals surface area contributed by atoms with Crippen LogP contribution in [-0.2, 0) is 6.42 Å². The first kappa shape index (κ1) is 17.4. The fraction of sp³-hybridized carbons (Fsp3) is 0.556. The van der Waals surface area contributed by atoms with Crippen LogP contribution in [0.4, 0.5) is 0 Å². The summed E-state index contributed by atoms with van der Waals surface area (Å²) in [5.74, 6) is 2.21. The molecule has 1 aliphatic heterocycles. The molecule has 1 N–H and O–H groups in total. The lowest BCUT2D eigenvalue weighted by Gasteiger charge is -2.31. The molecule has 5 nitrogen and oxygen atoms in total. The van der Waals surface area contributed by atoms with Gasteiger partial charge in [-0.1, -0.05) is 16.8 Å². The monoisotopic (exact) mass is 348 g/mol. The highest BCUT2D eigenvalue weighted by molar-refractivity contribution is 6.30. The lowest BCUT2D eigenvalue weighted by atomic mass is 9.93. The summed E-state index contributed by atoms with van der Waals surface area (Å²) >= 11 is 5.91. The maximum Gasteiger partial charge on any atom is 0.228 e. The smallest absolute Gasteiger partial charge is 0.228 e. The van der Waals surface area contributed by atoms with E-state index in [1.54, 1.807) is 0 Å². The number of nitrogens with one attached hydrogen (secondary N) is 1. The fourth-order valence-electron chi connectivity index (χ4n) is 3.17. The van der Waals surface area contributed by atoms with Crippen molar-refractivity contribution in [3.8, 4) is 11.4 Å². The third-order valence-corrected chi connectivity index (χ3v) is 4.97. The number of rotatable bonds is 7. The van der Waals surface area contributed by atoms with Gasteiger partial charge in [0.05, 0.1) is 0 Å². The lowest BCUT2D eigenvalue weighted by Crippen LogP contribution is -2.35. The van der Waals surface area contributed by atoms with Gasteiger partial charge in [-0.3, -0.25) is 0 Å². The van der Waals surface area contributed by atoms with Gasteiger partial charge >= 0.3 is 0 Å². The molecule has 0 atom stereocenters. The zero-order chi connectivity index (χ0) is 16.8. The highest BCUT2D eigenvalue weighted by Crippen LogP contribution is 2.21. The molecule has 24 heavy (non-hydrogen) atoms. The molecule has 6 heteroatoms. The standard InChI is InChI=1S/C18H25ClN4O/c1-20-10-6-14-7-11-23(12-8-14)13-9-17-21-18(22-24-17)15-2-4-16(19)5-3-15/h2-5,14,20H,6-13H2,1H3. The van der Waals surface area contributed by atoms with Gasteiger partial charge in [-0.2, -0.15) is 4.98 Å². The molecule has 0 unspecified atom stereocenters. The van der Waals surface area contributed by atoms with Gasteiger partial charge in [0.1, 0.15) is 0 Å². The Labute approximate surface area is 148 Å². The van der Waals surface area contributed by atoms with Crippen LogP contribution in [0.1, 0.15) is 25.2 Å². The molecule has 1 fully saturated rings. The molecule has 130 valence electrons. The number of aromatic nitrogens is 2. The highest BCUT2D eigenvalue weighted by atomic mass is 35.5. The zero-order valence-electron chi connectivity index (χ0n) is 14.2. The number of hydrogen-bond donors (Lipinski definition) is 1. The lowest BCUT2D eigenvalue weighted by molar-refractivity contribution is 0.176. The molecule has 0 amide bonds. The van der Waals surface area contributed by atoms with Crippen LogP contribution in [0.3, 0.4) is 0 Å². The van der Waals surface area contributed by atoms with Crippen molar-refractivity contribution in [2.75, 3.05) is 33.2 Å². The van der Waals surface area contributed by atoms with Gasteiger partial charge < -0.3 is 14.7 Å². The summed E-state index contributed by atoms with van der Waals surface area (Å²) in [7, 11) is 2.03. The SMILES string of the molecule is CNCCC1CCN(CCc2nc(-c3ccc(Cl)cc3)no2)CC1. The van der Waals surface area contributed by atoms with E-state index >= 15 is 0 Å². The van der Waals surface area contributed by atoms with Crippen molar-refractivity contribution in [3.63, 3.8) is 0 Å². The average molecular weight is 349 g/mol. The van der Waals surface area contributed by atoms with Gasteiger partial charge in [-0.25, -0.2) is 0 Å². The predicted molar refractivity (Wildman–Crippen MR) is 96.2 cm³/mol. The van der Waals surface area contributed by atoms with Gasteiger partial charge in [0.15, 0.2) is 0 Å². The third kappa shape index (κ3) is 4.79. The number of halogens is 1.